The Morgan fingerprint density at radius 1 is 1.00 bits per heavy atom. The Hall–Kier alpha value is -2.81. The molecule has 2 fully saturated rings. The van der Waals surface area contributed by atoms with Crippen LogP contribution in [0.5, 0.6) is 11.5 Å². The molecule has 0 radical (unpaired) electrons. The molecule has 36 heavy (non-hydrogen) atoms. The Kier molecular flexibility index (Phi) is 8.07. The third-order valence-corrected chi connectivity index (χ3v) is 5.97. The van der Waals surface area contributed by atoms with Gasteiger partial charge in [-0.2, -0.15) is 0 Å². The fourth-order valence-corrected chi connectivity index (χ4v) is 3.85. The maximum absolute atomic E-state index is 12.2. The lowest BCUT2D eigenvalue weighted by molar-refractivity contribution is -0.318. The van der Waals surface area contributed by atoms with E-state index in [1.807, 2.05) is 0 Å². The number of aliphatic hydroxyl groups excluding tert-OH is 4. The Bertz CT molecular complexity index is 1000. The van der Waals surface area contributed by atoms with Gasteiger partial charge in [-0.05, 0) is 36.4 Å². The van der Waals surface area contributed by atoms with Gasteiger partial charge in [-0.15, -0.1) is 0 Å². The summed E-state index contributed by atoms with van der Waals surface area (Å²) in [6, 6.07) is 13.6. The molecule has 0 unspecified atom stereocenters. The lowest BCUT2D eigenvalue weighted by Crippen LogP contribution is -2.62. The van der Waals surface area contributed by atoms with Crippen LogP contribution in [-0.2, 0) is 18.9 Å². The fraction of sp³-hybridized carbons (Fsp3) is 0.458. The van der Waals surface area contributed by atoms with Gasteiger partial charge in [-0.3, -0.25) is 0 Å². The van der Waals surface area contributed by atoms with Gasteiger partial charge in [-0.25, -0.2) is 4.79 Å². The first-order valence-corrected chi connectivity index (χ1v) is 11.2. The number of hydrogen-bond acceptors (Lipinski definition) is 12. The van der Waals surface area contributed by atoms with E-state index >= 15 is 0 Å². The minimum atomic E-state index is -2.02. The van der Waals surface area contributed by atoms with Crippen molar-refractivity contribution in [1.82, 2.24) is 0 Å². The fourth-order valence-electron chi connectivity index (χ4n) is 3.85. The van der Waals surface area contributed by atoms with Gasteiger partial charge in [0.05, 0.1) is 18.8 Å². The van der Waals surface area contributed by atoms with Crippen LogP contribution in [0.1, 0.15) is 10.4 Å². The average molecular weight is 508 g/mol. The first-order chi connectivity index (χ1) is 17.2. The Balaban J connectivity index is 1.44. The van der Waals surface area contributed by atoms with Crippen molar-refractivity contribution < 1.29 is 59.1 Å². The molecule has 2 aromatic carbocycles. The summed E-state index contributed by atoms with van der Waals surface area (Å²) < 4.78 is 27.4. The van der Waals surface area contributed by atoms with Crippen molar-refractivity contribution in [3.05, 3.63) is 60.2 Å². The number of carbonyl (C=O) groups excluding carboxylic acids is 1. The van der Waals surface area contributed by atoms with Gasteiger partial charge in [0.1, 0.15) is 42.5 Å². The zero-order chi connectivity index (χ0) is 25.9. The number of hydrogen-bond donors (Lipinski definition) is 6. The molecule has 196 valence electrons. The van der Waals surface area contributed by atoms with Crippen molar-refractivity contribution in [3.8, 4) is 11.5 Å². The van der Waals surface area contributed by atoms with Crippen molar-refractivity contribution in [3.63, 3.8) is 0 Å². The summed E-state index contributed by atoms with van der Waals surface area (Å²) >= 11 is 0. The Morgan fingerprint density at radius 3 is 2.36 bits per heavy atom. The standard InChI is InChI=1S/C24H28O12/c25-10-16-17(27)18(28)19(22(35-16)34-15-8-6-14(26)7-9-15)36-23-20(29)24(31,12-33-23)11-32-21(30)13-4-2-1-3-5-13/h1-9,16-20,22-23,25-29,31H,10-12H2/t16-,17-,18+,19+,20+,22-,23+,24+/m1/s1. The third kappa shape index (κ3) is 5.61. The summed E-state index contributed by atoms with van der Waals surface area (Å²) in [5.41, 5.74) is -1.76. The molecule has 2 saturated heterocycles. The van der Waals surface area contributed by atoms with E-state index in [0.717, 1.165) is 0 Å². The van der Waals surface area contributed by atoms with E-state index in [1.54, 1.807) is 18.2 Å². The van der Waals surface area contributed by atoms with Crippen molar-refractivity contribution in [2.75, 3.05) is 19.8 Å². The molecule has 0 spiro atoms. The van der Waals surface area contributed by atoms with Gasteiger partial charge < -0.3 is 54.3 Å². The number of phenols is 1. The van der Waals surface area contributed by atoms with E-state index in [2.05, 4.69) is 0 Å². The average Bonchev–Trinajstić information content (AvgIpc) is 3.17. The van der Waals surface area contributed by atoms with Gasteiger partial charge in [0.2, 0.25) is 6.29 Å². The number of phenolic OH excluding ortho intramolecular Hbond substituents is 1. The molecule has 0 aromatic heterocycles. The minimum absolute atomic E-state index is 0.0156. The summed E-state index contributed by atoms with van der Waals surface area (Å²) in [5.74, 6) is -0.515. The molecule has 4 rings (SSSR count). The third-order valence-electron chi connectivity index (χ3n) is 5.97. The second-order valence-corrected chi connectivity index (χ2v) is 8.59. The van der Waals surface area contributed by atoms with Gasteiger partial charge in [0.25, 0.3) is 0 Å². The number of carbonyl (C=O) groups is 1. The highest BCUT2D eigenvalue weighted by molar-refractivity contribution is 5.89. The number of rotatable bonds is 8. The summed E-state index contributed by atoms with van der Waals surface area (Å²) in [6.45, 7) is -1.69. The van der Waals surface area contributed by atoms with E-state index in [0.29, 0.717) is 0 Å². The lowest BCUT2D eigenvalue weighted by Gasteiger charge is -2.42. The summed E-state index contributed by atoms with van der Waals surface area (Å²) in [7, 11) is 0. The largest absolute Gasteiger partial charge is 0.508 e. The highest BCUT2D eigenvalue weighted by Crippen LogP contribution is 2.32. The van der Waals surface area contributed by atoms with Gasteiger partial charge >= 0.3 is 5.97 Å². The first-order valence-electron chi connectivity index (χ1n) is 11.2. The van der Waals surface area contributed by atoms with Gasteiger partial charge in [0.15, 0.2) is 18.0 Å². The highest BCUT2D eigenvalue weighted by Gasteiger charge is 2.54. The topological polar surface area (TPSA) is 185 Å². The normalized spacial score (nSPS) is 34.3. The molecule has 2 heterocycles. The van der Waals surface area contributed by atoms with Crippen molar-refractivity contribution >= 4 is 5.97 Å². The van der Waals surface area contributed by atoms with E-state index in [4.69, 9.17) is 23.7 Å². The van der Waals surface area contributed by atoms with Crippen molar-refractivity contribution in [2.45, 2.75) is 48.7 Å². The number of esters is 1. The Morgan fingerprint density at radius 2 is 1.69 bits per heavy atom. The number of aliphatic hydroxyl groups is 5. The monoisotopic (exact) mass is 508 g/mol. The molecule has 0 saturated carbocycles. The van der Waals surface area contributed by atoms with E-state index in [1.165, 1.54) is 36.4 Å². The molecule has 12 nitrogen and oxygen atoms in total. The molecule has 12 heteroatoms. The molecular weight excluding hydrogens is 480 g/mol. The molecule has 2 aliphatic heterocycles. The number of benzene rings is 2. The molecule has 6 N–H and O–H groups in total. The zero-order valence-electron chi connectivity index (χ0n) is 19.0. The van der Waals surface area contributed by atoms with Crippen LogP contribution in [0.15, 0.2) is 54.6 Å². The van der Waals surface area contributed by atoms with Crippen LogP contribution in [-0.4, -0.2) is 105 Å². The van der Waals surface area contributed by atoms with Crippen molar-refractivity contribution in [1.29, 1.82) is 0 Å². The maximum atomic E-state index is 12.2. The molecular formula is C24H28O12. The van der Waals surface area contributed by atoms with Crippen LogP contribution < -0.4 is 4.74 Å². The molecule has 0 bridgehead atoms. The van der Waals surface area contributed by atoms with Crippen LogP contribution in [0, 0.1) is 0 Å². The molecule has 2 aliphatic rings. The predicted octanol–water partition coefficient (Wildman–Crippen LogP) is -1.10. The Labute approximate surface area is 205 Å². The minimum Gasteiger partial charge on any atom is -0.508 e. The zero-order valence-corrected chi connectivity index (χ0v) is 19.0. The molecule has 0 amide bonds. The van der Waals surface area contributed by atoms with Gasteiger partial charge in [-0.1, -0.05) is 18.2 Å². The van der Waals surface area contributed by atoms with Crippen LogP contribution in [0.4, 0.5) is 0 Å². The molecule has 2 aromatic rings. The van der Waals surface area contributed by atoms with Crippen molar-refractivity contribution in [2.24, 2.45) is 0 Å². The molecule has 8 atom stereocenters. The number of aromatic hydroxyl groups is 1. The predicted molar refractivity (Wildman–Crippen MR) is 119 cm³/mol. The summed E-state index contributed by atoms with van der Waals surface area (Å²) in [5, 5.41) is 61.4. The smallest absolute Gasteiger partial charge is 0.338 e. The van der Waals surface area contributed by atoms with Crippen LogP contribution in [0.2, 0.25) is 0 Å². The quantitative estimate of drug-likeness (QED) is 0.237. The van der Waals surface area contributed by atoms with E-state index < -0.39 is 74.5 Å². The van der Waals surface area contributed by atoms with Gasteiger partial charge in [0, 0.05) is 0 Å². The second-order valence-electron chi connectivity index (χ2n) is 8.59. The van der Waals surface area contributed by atoms with Crippen LogP contribution in [0.25, 0.3) is 0 Å². The summed E-state index contributed by atoms with van der Waals surface area (Å²) in [6.07, 6.45) is -10.5. The first kappa shape index (κ1) is 26.3. The lowest BCUT2D eigenvalue weighted by atomic mass is 9.98. The highest BCUT2D eigenvalue weighted by atomic mass is 16.8. The van der Waals surface area contributed by atoms with E-state index in [-0.39, 0.29) is 17.1 Å². The van der Waals surface area contributed by atoms with Crippen LogP contribution in [0.3, 0.4) is 0 Å². The SMILES string of the molecule is O=C(OC[C@]1(O)CO[C@@H](O[C@@H]2[C@H](Oc3ccc(O)cc3)O[C@H](CO)[C@@H](O)[C@@H]2O)[C@@H]1O)c1ccccc1. The molecule has 0 aliphatic carbocycles. The maximum Gasteiger partial charge on any atom is 0.338 e. The number of ether oxygens (including phenoxy) is 5. The second kappa shape index (κ2) is 11.1. The van der Waals surface area contributed by atoms with Crippen LogP contribution >= 0.6 is 0 Å². The van der Waals surface area contributed by atoms with E-state index in [9.17, 15) is 35.4 Å². The summed E-state index contributed by atoms with van der Waals surface area (Å²) in [4.78, 5) is 12.2.